The van der Waals surface area contributed by atoms with E-state index in [1.165, 1.54) is 6.26 Å². The number of nitrogens with two attached hydrogens (primary N) is 1. The molecule has 0 spiro atoms. The fourth-order valence-corrected chi connectivity index (χ4v) is 2.47. The van der Waals surface area contributed by atoms with Crippen LogP contribution in [0.5, 0.6) is 5.75 Å². The standard InChI is InChI=1S/C13H19N3O3S.HI/c1-20(17,18)9-7-15-13(14)16-11-6-8-19-12-5-3-2-4-10(11)12;/h2-5,11H,6-9H2,1H3,(H3,14,15,16);1H. The molecule has 1 aromatic carbocycles. The van der Waals surface area contributed by atoms with E-state index in [2.05, 4.69) is 10.3 Å². The van der Waals surface area contributed by atoms with Gasteiger partial charge in [-0.2, -0.15) is 0 Å². The van der Waals surface area contributed by atoms with Gasteiger partial charge < -0.3 is 15.8 Å². The number of aliphatic imine (C=N–C) groups is 1. The van der Waals surface area contributed by atoms with Crippen molar-refractivity contribution in [1.82, 2.24) is 5.32 Å². The van der Waals surface area contributed by atoms with Crippen LogP contribution in [-0.2, 0) is 9.84 Å². The molecule has 3 N–H and O–H groups in total. The van der Waals surface area contributed by atoms with Gasteiger partial charge in [0.05, 0.1) is 24.9 Å². The maximum atomic E-state index is 11.0. The molecule has 0 fully saturated rings. The summed E-state index contributed by atoms with van der Waals surface area (Å²) in [5, 5.41) is 3.11. The van der Waals surface area contributed by atoms with Crippen LogP contribution in [0, 0.1) is 0 Å². The third-order valence-corrected chi connectivity index (χ3v) is 3.95. The number of rotatable bonds is 4. The lowest BCUT2D eigenvalue weighted by molar-refractivity contribution is 0.262. The van der Waals surface area contributed by atoms with Crippen LogP contribution in [0.2, 0.25) is 0 Å². The molecule has 0 bridgehead atoms. The molecule has 6 nitrogen and oxygen atoms in total. The number of sulfone groups is 1. The van der Waals surface area contributed by atoms with Crippen LogP contribution in [0.25, 0.3) is 0 Å². The van der Waals surface area contributed by atoms with E-state index in [0.717, 1.165) is 17.7 Å². The molecule has 118 valence electrons. The minimum absolute atomic E-state index is 0. The highest BCUT2D eigenvalue weighted by molar-refractivity contribution is 14.0. The van der Waals surface area contributed by atoms with Crippen LogP contribution < -0.4 is 15.8 Å². The number of hydrogen-bond donors (Lipinski definition) is 2. The maximum Gasteiger partial charge on any atom is 0.189 e. The molecular weight excluding hydrogens is 405 g/mol. The van der Waals surface area contributed by atoms with Gasteiger partial charge in [-0.1, -0.05) is 18.2 Å². The zero-order chi connectivity index (χ0) is 14.6. The van der Waals surface area contributed by atoms with E-state index in [1.807, 2.05) is 24.3 Å². The second-order valence-corrected chi connectivity index (χ2v) is 7.03. The summed E-state index contributed by atoms with van der Waals surface area (Å²) in [7, 11) is -3.01. The monoisotopic (exact) mass is 425 g/mol. The quantitative estimate of drug-likeness (QED) is 0.428. The van der Waals surface area contributed by atoms with Crippen LogP contribution in [0.3, 0.4) is 0 Å². The van der Waals surface area contributed by atoms with E-state index in [9.17, 15) is 8.42 Å². The van der Waals surface area contributed by atoms with Crippen molar-refractivity contribution >= 4 is 39.8 Å². The number of nitrogens with one attached hydrogen (secondary N) is 1. The zero-order valence-electron chi connectivity index (χ0n) is 11.8. The fraction of sp³-hybridized carbons (Fsp3) is 0.462. The fourth-order valence-electron chi connectivity index (χ4n) is 2.05. The maximum absolute atomic E-state index is 11.0. The smallest absolute Gasteiger partial charge is 0.189 e. The zero-order valence-corrected chi connectivity index (χ0v) is 14.9. The van der Waals surface area contributed by atoms with E-state index in [0.29, 0.717) is 6.61 Å². The van der Waals surface area contributed by atoms with Gasteiger partial charge in [0.1, 0.15) is 15.6 Å². The van der Waals surface area contributed by atoms with Crippen molar-refractivity contribution in [3.8, 4) is 5.75 Å². The Morgan fingerprint density at radius 3 is 2.90 bits per heavy atom. The first-order chi connectivity index (χ1) is 9.46. The summed E-state index contributed by atoms with van der Waals surface area (Å²) in [4.78, 5) is 4.04. The van der Waals surface area contributed by atoms with Gasteiger partial charge in [-0.05, 0) is 6.07 Å². The first kappa shape index (κ1) is 18.0. The van der Waals surface area contributed by atoms with Crippen LogP contribution >= 0.6 is 24.0 Å². The molecule has 21 heavy (non-hydrogen) atoms. The van der Waals surface area contributed by atoms with E-state index >= 15 is 0 Å². The molecule has 0 saturated heterocycles. The largest absolute Gasteiger partial charge is 0.493 e. The highest BCUT2D eigenvalue weighted by Crippen LogP contribution is 2.31. The van der Waals surface area contributed by atoms with Gasteiger partial charge >= 0.3 is 0 Å². The Hall–Kier alpha value is -1.03. The summed E-state index contributed by atoms with van der Waals surface area (Å²) in [6.45, 7) is 0.786. The van der Waals surface area contributed by atoms with E-state index < -0.39 is 9.84 Å². The topological polar surface area (TPSA) is 93.8 Å². The SMILES string of the molecule is CS(=O)(=O)CCN=C(N)NC1CCOc2ccccc21.I. The predicted octanol–water partition coefficient (Wildman–Crippen LogP) is 1.08. The van der Waals surface area contributed by atoms with Crippen LogP contribution in [0.15, 0.2) is 29.3 Å². The van der Waals surface area contributed by atoms with Crippen molar-refractivity contribution in [3.05, 3.63) is 29.8 Å². The van der Waals surface area contributed by atoms with E-state index in [1.54, 1.807) is 0 Å². The van der Waals surface area contributed by atoms with Gasteiger partial charge in [0.25, 0.3) is 0 Å². The molecular formula is C13H20IN3O3S. The third kappa shape index (κ3) is 5.70. The number of hydrogen-bond acceptors (Lipinski definition) is 4. The Morgan fingerprint density at radius 1 is 1.48 bits per heavy atom. The second-order valence-electron chi connectivity index (χ2n) is 4.77. The van der Waals surface area contributed by atoms with Crippen molar-refractivity contribution in [2.75, 3.05) is 25.2 Å². The number of fused-ring (bicyclic) bond motifs is 1. The Bertz CT molecular complexity index is 604. The lowest BCUT2D eigenvalue weighted by Crippen LogP contribution is -2.37. The average Bonchev–Trinajstić information content (AvgIpc) is 2.37. The number of nitrogens with zero attached hydrogens (tertiary/aromatic N) is 1. The van der Waals surface area contributed by atoms with Gasteiger partial charge in [0, 0.05) is 18.2 Å². The molecule has 1 aliphatic heterocycles. The number of guanidine groups is 1. The summed E-state index contributed by atoms with van der Waals surface area (Å²) in [5.74, 6) is 1.11. The molecule has 0 aliphatic carbocycles. The normalized spacial score (nSPS) is 18.1. The minimum Gasteiger partial charge on any atom is -0.493 e. The van der Waals surface area contributed by atoms with Crippen molar-refractivity contribution in [2.45, 2.75) is 12.5 Å². The van der Waals surface area contributed by atoms with Crippen molar-refractivity contribution in [3.63, 3.8) is 0 Å². The van der Waals surface area contributed by atoms with Gasteiger partial charge in [0.15, 0.2) is 5.96 Å². The molecule has 1 aromatic rings. The number of benzene rings is 1. The summed E-state index contributed by atoms with van der Waals surface area (Å²) < 4.78 is 27.6. The molecule has 1 unspecified atom stereocenters. The first-order valence-corrected chi connectivity index (χ1v) is 8.48. The second kappa shape index (κ2) is 7.83. The molecule has 0 radical (unpaired) electrons. The number of para-hydroxylation sites is 1. The van der Waals surface area contributed by atoms with Gasteiger partial charge in [0.2, 0.25) is 0 Å². The molecule has 0 amide bonds. The highest BCUT2D eigenvalue weighted by Gasteiger charge is 2.21. The first-order valence-electron chi connectivity index (χ1n) is 6.41. The molecule has 1 aliphatic rings. The van der Waals surface area contributed by atoms with Crippen LogP contribution in [-0.4, -0.2) is 39.5 Å². The number of halogens is 1. The predicted molar refractivity (Wildman–Crippen MR) is 94.0 cm³/mol. The summed E-state index contributed by atoms with van der Waals surface area (Å²) >= 11 is 0. The molecule has 1 heterocycles. The Kier molecular flexibility index (Phi) is 6.72. The Balaban J connectivity index is 0.00000220. The van der Waals surface area contributed by atoms with Crippen molar-refractivity contribution in [1.29, 1.82) is 0 Å². The van der Waals surface area contributed by atoms with E-state index in [-0.39, 0.29) is 48.3 Å². The van der Waals surface area contributed by atoms with Gasteiger partial charge in [-0.15, -0.1) is 24.0 Å². The molecule has 1 atom stereocenters. The lowest BCUT2D eigenvalue weighted by Gasteiger charge is -2.26. The van der Waals surface area contributed by atoms with E-state index in [4.69, 9.17) is 10.5 Å². The number of ether oxygens (including phenoxy) is 1. The molecule has 0 aromatic heterocycles. The average molecular weight is 425 g/mol. The summed E-state index contributed by atoms with van der Waals surface area (Å²) in [6.07, 6.45) is 1.97. The Morgan fingerprint density at radius 2 is 2.19 bits per heavy atom. The molecule has 8 heteroatoms. The van der Waals surface area contributed by atoms with Crippen molar-refractivity contribution < 1.29 is 13.2 Å². The Labute approximate surface area is 142 Å². The summed E-state index contributed by atoms with van der Waals surface area (Å²) in [6, 6.07) is 7.81. The van der Waals surface area contributed by atoms with Crippen molar-refractivity contribution in [2.24, 2.45) is 10.7 Å². The minimum atomic E-state index is -3.01. The van der Waals surface area contributed by atoms with Crippen LogP contribution in [0.1, 0.15) is 18.0 Å². The third-order valence-electron chi connectivity index (χ3n) is 3.02. The van der Waals surface area contributed by atoms with Gasteiger partial charge in [-0.3, -0.25) is 4.99 Å². The van der Waals surface area contributed by atoms with Crippen LogP contribution in [0.4, 0.5) is 0 Å². The molecule has 0 saturated carbocycles. The highest BCUT2D eigenvalue weighted by atomic mass is 127. The molecule has 2 rings (SSSR count). The summed E-state index contributed by atoms with van der Waals surface area (Å²) in [5.41, 5.74) is 6.84. The van der Waals surface area contributed by atoms with Gasteiger partial charge in [-0.25, -0.2) is 8.42 Å². The lowest BCUT2D eigenvalue weighted by atomic mass is 10.0.